The molecule has 0 unspecified atom stereocenters. The topological polar surface area (TPSA) is 20.2 Å². The second-order valence-electron chi connectivity index (χ2n) is 14.2. The minimum atomic E-state index is -0.187. The lowest BCUT2D eigenvalue weighted by Gasteiger charge is -2.69. The molecule has 0 aliphatic heterocycles. The molecule has 0 amide bonds. The van der Waals surface area contributed by atoms with Gasteiger partial charge in [-0.3, -0.25) is 0 Å². The molecule has 0 saturated heterocycles. The Balaban J connectivity index is 1.57. The molecule has 0 aromatic heterocycles. The molecule has 0 heterocycles. The highest BCUT2D eigenvalue weighted by atomic mass is 16.3. The normalized spacial score (nSPS) is 48.2. The maximum absolute atomic E-state index is 12.0. The van der Waals surface area contributed by atoms with Crippen molar-refractivity contribution in [1.82, 2.24) is 0 Å². The zero-order valence-corrected chi connectivity index (χ0v) is 21.4. The summed E-state index contributed by atoms with van der Waals surface area (Å²) in [6.45, 7) is 22.1. The number of hydrogen-bond donors (Lipinski definition) is 1. The second kappa shape index (κ2) is 5.63. The van der Waals surface area contributed by atoms with Crippen molar-refractivity contribution in [1.29, 1.82) is 0 Å². The third-order valence-corrected chi connectivity index (χ3v) is 12.8. The van der Waals surface area contributed by atoms with Crippen LogP contribution in [-0.4, -0.2) is 11.2 Å². The zero-order valence-electron chi connectivity index (χ0n) is 21.4. The zero-order chi connectivity index (χ0) is 22.5. The Kier molecular flexibility index (Phi) is 3.77. The molecule has 0 aromatic rings. The van der Waals surface area contributed by atoms with E-state index in [1.54, 1.807) is 33.4 Å². The molecule has 7 atom stereocenters. The minimum Gasteiger partial charge on any atom is -0.392 e. The van der Waals surface area contributed by atoms with E-state index in [9.17, 15) is 5.11 Å². The average Bonchev–Trinajstić information content (AvgIpc) is 2.67. The molecule has 0 radical (unpaired) electrons. The molecule has 9 aliphatic carbocycles. The van der Waals surface area contributed by atoms with Gasteiger partial charge in [-0.25, -0.2) is 0 Å². The molecule has 170 valence electrons. The van der Waals surface area contributed by atoms with Gasteiger partial charge in [0.05, 0.1) is 6.10 Å². The Labute approximate surface area is 190 Å². The van der Waals surface area contributed by atoms with Crippen molar-refractivity contribution in [2.45, 2.75) is 101 Å². The number of aliphatic hydroxyl groups excluding tert-OH is 1. The van der Waals surface area contributed by atoms with E-state index in [1.165, 1.54) is 25.7 Å². The lowest BCUT2D eigenvalue weighted by atomic mass is 9.35. The fourth-order valence-corrected chi connectivity index (χ4v) is 10.3. The number of fused-ring (bicyclic) bond motifs is 8. The molecule has 0 spiro atoms. The van der Waals surface area contributed by atoms with Crippen molar-refractivity contribution in [3.63, 3.8) is 0 Å². The van der Waals surface area contributed by atoms with Gasteiger partial charge in [0.2, 0.25) is 0 Å². The largest absolute Gasteiger partial charge is 0.392 e. The van der Waals surface area contributed by atoms with Crippen LogP contribution in [0.4, 0.5) is 0 Å². The Morgan fingerprint density at radius 1 is 0.710 bits per heavy atom. The first-order valence-corrected chi connectivity index (χ1v) is 13.1. The van der Waals surface area contributed by atoms with Gasteiger partial charge in [0.15, 0.2) is 0 Å². The van der Waals surface area contributed by atoms with E-state index >= 15 is 0 Å². The van der Waals surface area contributed by atoms with Crippen LogP contribution in [0.25, 0.3) is 0 Å². The van der Waals surface area contributed by atoms with Crippen molar-refractivity contribution in [2.24, 2.45) is 51.2 Å². The van der Waals surface area contributed by atoms with Gasteiger partial charge >= 0.3 is 0 Å². The minimum absolute atomic E-state index is 0.141. The molecular formula is C30H44O. The smallest absolute Gasteiger partial charge is 0.0653 e. The van der Waals surface area contributed by atoms with E-state index in [0.717, 1.165) is 18.3 Å². The predicted molar refractivity (Wildman–Crippen MR) is 128 cm³/mol. The summed E-state index contributed by atoms with van der Waals surface area (Å²) in [5.74, 6) is 3.01. The van der Waals surface area contributed by atoms with E-state index in [0.29, 0.717) is 28.6 Å². The summed E-state index contributed by atoms with van der Waals surface area (Å²) in [6, 6.07) is 0. The maximum atomic E-state index is 12.0. The standard InChI is InChI=1S/C30H44O/c1-15-20-10-18(27(20,4)5)11-22(15)30(14-19-12-23(17(30)3)28(19,6)7)25-16(2)21-13-24(26(25)31)29(21,8)9/h18-19,22,24-26,31H,10-14H2,1-9H3/t18-,19+,22-,24-,25+,26-,30-/m0/s1. The van der Waals surface area contributed by atoms with Gasteiger partial charge in [-0.15, -0.1) is 0 Å². The van der Waals surface area contributed by atoms with E-state index in [1.807, 2.05) is 0 Å². The highest BCUT2D eigenvalue weighted by Gasteiger charge is 2.67. The number of allylic oxidation sites excluding steroid dienone is 5. The van der Waals surface area contributed by atoms with Gasteiger partial charge in [0.1, 0.15) is 0 Å². The average molecular weight is 421 g/mol. The van der Waals surface area contributed by atoms with Crippen LogP contribution in [0.3, 0.4) is 0 Å². The Morgan fingerprint density at radius 3 is 1.77 bits per heavy atom. The molecule has 31 heavy (non-hydrogen) atoms. The first-order valence-electron chi connectivity index (χ1n) is 13.1. The maximum Gasteiger partial charge on any atom is 0.0653 e. The van der Waals surface area contributed by atoms with Crippen LogP contribution in [0.1, 0.15) is 94.4 Å². The summed E-state index contributed by atoms with van der Waals surface area (Å²) >= 11 is 0. The van der Waals surface area contributed by atoms with Crippen LogP contribution in [-0.2, 0) is 0 Å². The van der Waals surface area contributed by atoms with Crippen LogP contribution < -0.4 is 0 Å². The SMILES string of the molecule is CC1=C2C[C@@H]([C@H](O)[C@@H]1[C@@]1([C@H]3C[C@@H]4CC(=C3C)C4(C)C)C[C@H]3CC(=C1C)C3(C)C)C2(C)C. The van der Waals surface area contributed by atoms with Gasteiger partial charge in [0.25, 0.3) is 0 Å². The molecule has 3 saturated carbocycles. The van der Waals surface area contributed by atoms with Crippen LogP contribution in [0, 0.1) is 51.2 Å². The van der Waals surface area contributed by atoms with Gasteiger partial charge < -0.3 is 5.11 Å². The summed E-state index contributed by atoms with van der Waals surface area (Å²) in [4.78, 5) is 0. The third-order valence-electron chi connectivity index (χ3n) is 12.8. The van der Waals surface area contributed by atoms with E-state index < -0.39 is 0 Å². The molecule has 9 rings (SSSR count). The van der Waals surface area contributed by atoms with Gasteiger partial charge in [-0.2, -0.15) is 0 Å². The number of hydrogen-bond acceptors (Lipinski definition) is 1. The highest BCUT2D eigenvalue weighted by molar-refractivity contribution is 5.49. The predicted octanol–water partition coefficient (Wildman–Crippen LogP) is 7.47. The summed E-state index contributed by atoms with van der Waals surface area (Å²) in [7, 11) is 0. The van der Waals surface area contributed by atoms with Crippen LogP contribution in [0.15, 0.2) is 33.4 Å². The third kappa shape index (κ3) is 2.06. The van der Waals surface area contributed by atoms with Gasteiger partial charge in [-0.05, 0) is 92.8 Å². The Bertz CT molecular complexity index is 982. The lowest BCUT2D eigenvalue weighted by molar-refractivity contribution is -0.110. The molecule has 1 N–H and O–H groups in total. The van der Waals surface area contributed by atoms with Gasteiger partial charge in [0, 0.05) is 11.3 Å². The first kappa shape index (κ1) is 20.8. The van der Waals surface area contributed by atoms with Crippen LogP contribution in [0.2, 0.25) is 0 Å². The Morgan fingerprint density at radius 2 is 1.29 bits per heavy atom. The molecule has 3 fully saturated rings. The van der Waals surface area contributed by atoms with Crippen molar-refractivity contribution < 1.29 is 5.11 Å². The molecule has 9 aliphatic rings. The van der Waals surface area contributed by atoms with E-state index in [-0.39, 0.29) is 16.9 Å². The Hall–Kier alpha value is -0.820. The molecule has 6 bridgehead atoms. The van der Waals surface area contributed by atoms with Crippen molar-refractivity contribution in [3.05, 3.63) is 33.4 Å². The summed E-state index contributed by atoms with van der Waals surface area (Å²) in [5, 5.41) is 12.0. The quantitative estimate of drug-likeness (QED) is 0.459. The monoisotopic (exact) mass is 420 g/mol. The lowest BCUT2D eigenvalue weighted by Crippen LogP contribution is -2.63. The van der Waals surface area contributed by atoms with E-state index in [2.05, 4.69) is 62.3 Å². The highest BCUT2D eigenvalue weighted by Crippen LogP contribution is 2.75. The first-order chi connectivity index (χ1) is 14.3. The molecular weight excluding hydrogens is 376 g/mol. The summed E-state index contributed by atoms with van der Waals surface area (Å²) in [6.07, 6.45) is 6.21. The van der Waals surface area contributed by atoms with Crippen LogP contribution >= 0.6 is 0 Å². The molecule has 0 aromatic carbocycles. The van der Waals surface area contributed by atoms with Crippen LogP contribution in [0.5, 0.6) is 0 Å². The second-order valence-corrected chi connectivity index (χ2v) is 14.2. The van der Waals surface area contributed by atoms with Gasteiger partial charge in [-0.1, -0.05) is 75.0 Å². The van der Waals surface area contributed by atoms with E-state index in [4.69, 9.17) is 0 Å². The number of aliphatic hydroxyl groups is 1. The van der Waals surface area contributed by atoms with Crippen molar-refractivity contribution in [3.8, 4) is 0 Å². The molecule has 1 heteroatoms. The summed E-state index contributed by atoms with van der Waals surface area (Å²) in [5.41, 5.74) is 11.2. The van der Waals surface area contributed by atoms with Crippen molar-refractivity contribution in [2.75, 3.05) is 0 Å². The molecule has 1 nitrogen and oxygen atoms in total. The number of rotatable bonds is 2. The van der Waals surface area contributed by atoms with Crippen molar-refractivity contribution >= 4 is 0 Å². The fourth-order valence-electron chi connectivity index (χ4n) is 10.3. The summed E-state index contributed by atoms with van der Waals surface area (Å²) < 4.78 is 0. The fraction of sp³-hybridized carbons (Fsp3) is 0.800.